The van der Waals surface area contributed by atoms with Crippen molar-refractivity contribution in [3.63, 3.8) is 0 Å². The summed E-state index contributed by atoms with van der Waals surface area (Å²) in [5.41, 5.74) is -0.496. The number of ketones is 1. The molecule has 0 amide bonds. The van der Waals surface area contributed by atoms with E-state index in [9.17, 15) is 4.79 Å². The highest BCUT2D eigenvalue weighted by molar-refractivity contribution is 5.98. The summed E-state index contributed by atoms with van der Waals surface area (Å²) >= 11 is 0. The monoisotopic (exact) mass is 216 g/mol. The predicted octanol–water partition coefficient (Wildman–Crippen LogP) is 2.99. The molecule has 1 aliphatic heterocycles. The quantitative estimate of drug-likeness (QED) is 0.713. The van der Waals surface area contributed by atoms with Gasteiger partial charge in [-0.25, -0.2) is 0 Å². The van der Waals surface area contributed by atoms with E-state index in [0.29, 0.717) is 11.4 Å². The molecule has 4 nitrogen and oxygen atoms in total. The molecule has 0 radical (unpaired) electrons. The van der Waals surface area contributed by atoms with Gasteiger partial charge >= 0.3 is 0 Å². The maximum Gasteiger partial charge on any atom is 0.278 e. The molecule has 0 N–H and O–H groups in total. The average Bonchev–Trinajstić information content (AvgIpc) is 2.52. The SMILES string of the molecule is CC1=CC(=O)C(C)(N=Nc2ccccc2)O1. The molecule has 1 heterocycles. The summed E-state index contributed by atoms with van der Waals surface area (Å²) in [6, 6.07) is 9.23. The van der Waals surface area contributed by atoms with Crippen LogP contribution in [0.4, 0.5) is 5.69 Å². The van der Waals surface area contributed by atoms with Crippen molar-refractivity contribution in [3.05, 3.63) is 42.2 Å². The van der Waals surface area contributed by atoms with Crippen molar-refractivity contribution >= 4 is 11.5 Å². The maximum atomic E-state index is 11.6. The summed E-state index contributed by atoms with van der Waals surface area (Å²) in [6.07, 6.45) is 1.43. The van der Waals surface area contributed by atoms with E-state index in [1.54, 1.807) is 13.8 Å². The summed E-state index contributed by atoms with van der Waals surface area (Å²) in [4.78, 5) is 11.6. The van der Waals surface area contributed by atoms with Crippen LogP contribution in [0.25, 0.3) is 0 Å². The predicted molar refractivity (Wildman–Crippen MR) is 59.2 cm³/mol. The van der Waals surface area contributed by atoms with E-state index in [0.717, 1.165) is 0 Å². The molecule has 1 atom stereocenters. The molecule has 0 bridgehead atoms. The van der Waals surface area contributed by atoms with Crippen molar-refractivity contribution < 1.29 is 9.53 Å². The number of carbonyl (C=O) groups excluding carboxylic acids is 1. The molecule has 0 saturated heterocycles. The highest BCUT2D eigenvalue weighted by Gasteiger charge is 2.39. The number of nitrogens with zero attached hydrogens (tertiary/aromatic N) is 2. The lowest BCUT2D eigenvalue weighted by atomic mass is 10.2. The molecule has 1 aromatic carbocycles. The molecule has 1 unspecified atom stereocenters. The molecule has 0 aliphatic carbocycles. The number of benzene rings is 1. The van der Waals surface area contributed by atoms with Gasteiger partial charge in [0, 0.05) is 13.0 Å². The van der Waals surface area contributed by atoms with E-state index in [1.807, 2.05) is 30.3 Å². The molecule has 2 rings (SSSR count). The molecule has 4 heteroatoms. The van der Waals surface area contributed by atoms with Crippen LogP contribution in [0, 0.1) is 0 Å². The lowest BCUT2D eigenvalue weighted by molar-refractivity contribution is -0.128. The number of hydrogen-bond acceptors (Lipinski definition) is 4. The van der Waals surface area contributed by atoms with Crippen molar-refractivity contribution in [2.75, 3.05) is 0 Å². The number of carbonyl (C=O) groups is 1. The summed E-state index contributed by atoms with van der Waals surface area (Å²) in [7, 11) is 0. The van der Waals surface area contributed by atoms with Gasteiger partial charge in [0.1, 0.15) is 5.76 Å². The van der Waals surface area contributed by atoms with E-state index in [4.69, 9.17) is 4.74 Å². The number of ether oxygens (including phenoxy) is 1. The van der Waals surface area contributed by atoms with Crippen LogP contribution < -0.4 is 0 Å². The Morgan fingerprint density at radius 1 is 1.25 bits per heavy atom. The van der Waals surface area contributed by atoms with Crippen LogP contribution in [0.2, 0.25) is 0 Å². The molecule has 1 aliphatic rings. The molecule has 0 spiro atoms. The van der Waals surface area contributed by atoms with Crippen molar-refractivity contribution in [1.29, 1.82) is 0 Å². The zero-order chi connectivity index (χ0) is 11.6. The van der Waals surface area contributed by atoms with Gasteiger partial charge in [0.15, 0.2) is 0 Å². The second kappa shape index (κ2) is 3.89. The minimum Gasteiger partial charge on any atom is -0.462 e. The van der Waals surface area contributed by atoms with Crippen molar-refractivity contribution in [2.45, 2.75) is 19.6 Å². The minimum absolute atomic E-state index is 0.176. The lowest BCUT2D eigenvalue weighted by Crippen LogP contribution is -2.29. The van der Waals surface area contributed by atoms with Crippen LogP contribution in [0.5, 0.6) is 0 Å². The van der Waals surface area contributed by atoms with Crippen LogP contribution in [-0.2, 0) is 9.53 Å². The molecule has 0 aromatic heterocycles. The third-order valence-corrected chi connectivity index (χ3v) is 2.26. The Hall–Kier alpha value is -1.97. The van der Waals surface area contributed by atoms with Gasteiger partial charge in [-0.3, -0.25) is 4.79 Å². The standard InChI is InChI=1S/C12H12N2O2/c1-9-8-11(15)12(2,16-9)14-13-10-6-4-3-5-7-10/h3-8H,1-2H3. The average molecular weight is 216 g/mol. The Bertz CT molecular complexity index is 465. The molecule has 16 heavy (non-hydrogen) atoms. The second-order valence-corrected chi connectivity index (χ2v) is 3.74. The first kappa shape index (κ1) is 10.5. The number of hydrogen-bond donors (Lipinski definition) is 0. The third kappa shape index (κ3) is 2.00. The Labute approximate surface area is 93.6 Å². The zero-order valence-corrected chi connectivity index (χ0v) is 9.18. The molecule has 0 fully saturated rings. The van der Waals surface area contributed by atoms with Gasteiger partial charge in [0.25, 0.3) is 5.72 Å². The fourth-order valence-electron chi connectivity index (χ4n) is 1.43. The van der Waals surface area contributed by atoms with Crippen molar-refractivity contribution in [2.24, 2.45) is 10.2 Å². The first-order valence-electron chi connectivity index (χ1n) is 5.00. The third-order valence-electron chi connectivity index (χ3n) is 2.26. The first-order valence-corrected chi connectivity index (χ1v) is 5.00. The van der Waals surface area contributed by atoms with Gasteiger partial charge in [-0.2, -0.15) is 5.11 Å². The summed E-state index contributed by atoms with van der Waals surface area (Å²) in [5, 5.41) is 7.95. The fourth-order valence-corrected chi connectivity index (χ4v) is 1.43. The van der Waals surface area contributed by atoms with Crippen LogP contribution >= 0.6 is 0 Å². The minimum atomic E-state index is -1.19. The van der Waals surface area contributed by atoms with Gasteiger partial charge in [0.2, 0.25) is 5.78 Å². The molecule has 1 aromatic rings. The first-order chi connectivity index (χ1) is 7.60. The van der Waals surface area contributed by atoms with Crippen molar-refractivity contribution in [1.82, 2.24) is 0 Å². The van der Waals surface area contributed by atoms with Gasteiger partial charge in [0.05, 0.1) is 5.69 Å². The van der Waals surface area contributed by atoms with E-state index < -0.39 is 5.72 Å². The van der Waals surface area contributed by atoms with Crippen LogP contribution in [-0.4, -0.2) is 11.5 Å². The van der Waals surface area contributed by atoms with E-state index in [-0.39, 0.29) is 5.78 Å². The fraction of sp³-hybridized carbons (Fsp3) is 0.250. The molecule has 0 saturated carbocycles. The second-order valence-electron chi connectivity index (χ2n) is 3.74. The Morgan fingerprint density at radius 2 is 1.94 bits per heavy atom. The maximum absolute atomic E-state index is 11.6. The topological polar surface area (TPSA) is 51.0 Å². The Morgan fingerprint density at radius 3 is 2.50 bits per heavy atom. The normalized spacial score (nSPS) is 24.6. The summed E-state index contributed by atoms with van der Waals surface area (Å²) in [5.74, 6) is 0.393. The molecular weight excluding hydrogens is 204 g/mol. The zero-order valence-electron chi connectivity index (χ0n) is 9.18. The van der Waals surface area contributed by atoms with Crippen LogP contribution in [0.3, 0.4) is 0 Å². The van der Waals surface area contributed by atoms with E-state index in [2.05, 4.69) is 10.2 Å². The largest absolute Gasteiger partial charge is 0.462 e. The molecular formula is C12H12N2O2. The van der Waals surface area contributed by atoms with Gasteiger partial charge in [-0.1, -0.05) is 18.2 Å². The molecule has 82 valence electrons. The van der Waals surface area contributed by atoms with Crippen molar-refractivity contribution in [3.8, 4) is 0 Å². The van der Waals surface area contributed by atoms with E-state index >= 15 is 0 Å². The van der Waals surface area contributed by atoms with Gasteiger partial charge in [-0.05, 0) is 19.1 Å². The Balaban J connectivity index is 2.17. The Kier molecular flexibility index (Phi) is 2.56. The van der Waals surface area contributed by atoms with Crippen LogP contribution in [0.1, 0.15) is 13.8 Å². The number of azo groups is 1. The van der Waals surface area contributed by atoms with Gasteiger partial charge in [-0.15, -0.1) is 5.11 Å². The summed E-state index contributed by atoms with van der Waals surface area (Å²) < 4.78 is 5.33. The lowest BCUT2D eigenvalue weighted by Gasteiger charge is -2.16. The summed E-state index contributed by atoms with van der Waals surface area (Å²) in [6.45, 7) is 3.33. The number of allylic oxidation sites excluding steroid dienone is 1. The van der Waals surface area contributed by atoms with Gasteiger partial charge < -0.3 is 4.74 Å². The van der Waals surface area contributed by atoms with E-state index in [1.165, 1.54) is 6.08 Å². The highest BCUT2D eigenvalue weighted by Crippen LogP contribution is 2.27. The highest BCUT2D eigenvalue weighted by atomic mass is 16.5. The smallest absolute Gasteiger partial charge is 0.278 e. The van der Waals surface area contributed by atoms with Crippen LogP contribution in [0.15, 0.2) is 52.4 Å². The number of rotatable bonds is 2.